The summed E-state index contributed by atoms with van der Waals surface area (Å²) in [5.74, 6) is -0.503. The molecule has 18 heavy (non-hydrogen) atoms. The van der Waals surface area contributed by atoms with Crippen molar-refractivity contribution in [2.45, 2.75) is 6.92 Å². The Morgan fingerprint density at radius 1 is 1.11 bits per heavy atom. The molecule has 0 aromatic heterocycles. The van der Waals surface area contributed by atoms with Crippen LogP contribution < -0.4 is 16.8 Å². The Morgan fingerprint density at radius 2 is 1.78 bits per heavy atom. The molecule has 5 N–H and O–H groups in total. The van der Waals surface area contributed by atoms with Crippen molar-refractivity contribution in [1.29, 1.82) is 0 Å². The predicted octanol–water partition coefficient (Wildman–Crippen LogP) is 2.42. The molecule has 0 atom stereocenters. The molecule has 0 saturated heterocycles. The zero-order valence-corrected chi connectivity index (χ0v) is 10.1. The lowest BCUT2D eigenvalue weighted by atomic mass is 10.1. The highest BCUT2D eigenvalue weighted by molar-refractivity contribution is 6.00. The SMILES string of the molecule is Cc1ccc(Nc2ccc(N)cc2C(N)=O)cc1. The van der Waals surface area contributed by atoms with Crippen LogP contribution in [-0.2, 0) is 0 Å². The van der Waals surface area contributed by atoms with Gasteiger partial charge >= 0.3 is 0 Å². The lowest BCUT2D eigenvalue weighted by Crippen LogP contribution is -2.13. The summed E-state index contributed by atoms with van der Waals surface area (Å²) in [6.07, 6.45) is 0. The van der Waals surface area contributed by atoms with E-state index in [4.69, 9.17) is 11.5 Å². The first kappa shape index (κ1) is 12.0. The summed E-state index contributed by atoms with van der Waals surface area (Å²) in [4.78, 5) is 11.3. The van der Waals surface area contributed by atoms with Crippen LogP contribution >= 0.6 is 0 Å². The van der Waals surface area contributed by atoms with Crippen molar-refractivity contribution < 1.29 is 4.79 Å². The van der Waals surface area contributed by atoms with Gasteiger partial charge in [0.05, 0.1) is 11.3 Å². The molecule has 2 aromatic rings. The summed E-state index contributed by atoms with van der Waals surface area (Å²) in [5, 5.41) is 3.15. The van der Waals surface area contributed by atoms with Crippen LogP contribution in [0.2, 0.25) is 0 Å². The number of nitrogens with two attached hydrogens (primary N) is 2. The third-order valence-electron chi connectivity index (χ3n) is 2.64. The first-order chi connectivity index (χ1) is 8.56. The van der Waals surface area contributed by atoms with Gasteiger partial charge in [0.15, 0.2) is 0 Å². The number of rotatable bonds is 3. The number of hydrogen-bond donors (Lipinski definition) is 3. The minimum atomic E-state index is -0.503. The van der Waals surface area contributed by atoms with Crippen molar-refractivity contribution >= 4 is 23.0 Å². The Balaban J connectivity index is 2.34. The van der Waals surface area contributed by atoms with Crippen LogP contribution in [0.25, 0.3) is 0 Å². The molecule has 0 saturated carbocycles. The second kappa shape index (κ2) is 4.79. The minimum absolute atomic E-state index is 0.385. The highest BCUT2D eigenvalue weighted by Crippen LogP contribution is 2.23. The van der Waals surface area contributed by atoms with Gasteiger partial charge in [-0.25, -0.2) is 0 Å². The topological polar surface area (TPSA) is 81.1 Å². The molecule has 0 radical (unpaired) electrons. The number of hydrogen-bond acceptors (Lipinski definition) is 3. The van der Waals surface area contributed by atoms with Gasteiger partial charge in [0.2, 0.25) is 0 Å². The average Bonchev–Trinajstić information content (AvgIpc) is 2.34. The van der Waals surface area contributed by atoms with Gasteiger partial charge in [-0.1, -0.05) is 17.7 Å². The van der Waals surface area contributed by atoms with E-state index in [1.807, 2.05) is 31.2 Å². The van der Waals surface area contributed by atoms with Gasteiger partial charge in [0.1, 0.15) is 0 Å². The number of benzene rings is 2. The summed E-state index contributed by atoms with van der Waals surface area (Å²) in [5.41, 5.74) is 14.6. The number of aryl methyl sites for hydroxylation is 1. The van der Waals surface area contributed by atoms with Crippen molar-refractivity contribution in [2.75, 3.05) is 11.1 Å². The zero-order chi connectivity index (χ0) is 13.1. The van der Waals surface area contributed by atoms with Gasteiger partial charge in [-0.3, -0.25) is 4.79 Å². The second-order valence-electron chi connectivity index (χ2n) is 4.16. The molecule has 0 aliphatic carbocycles. The van der Waals surface area contributed by atoms with Gasteiger partial charge in [-0.15, -0.1) is 0 Å². The average molecular weight is 241 g/mol. The quantitative estimate of drug-likeness (QED) is 0.722. The summed E-state index contributed by atoms with van der Waals surface area (Å²) in [6.45, 7) is 2.02. The molecular weight excluding hydrogens is 226 g/mol. The van der Waals surface area contributed by atoms with Crippen LogP contribution in [0.1, 0.15) is 15.9 Å². The van der Waals surface area contributed by atoms with E-state index in [-0.39, 0.29) is 0 Å². The standard InChI is InChI=1S/C14H15N3O/c1-9-2-5-11(6-3-9)17-13-7-4-10(15)8-12(13)14(16)18/h2-8,17H,15H2,1H3,(H2,16,18). The monoisotopic (exact) mass is 241 g/mol. The second-order valence-corrected chi connectivity index (χ2v) is 4.16. The predicted molar refractivity (Wildman–Crippen MR) is 73.8 cm³/mol. The fourth-order valence-corrected chi connectivity index (χ4v) is 1.67. The molecule has 0 unspecified atom stereocenters. The minimum Gasteiger partial charge on any atom is -0.399 e. The molecule has 0 bridgehead atoms. The maximum absolute atomic E-state index is 11.3. The number of nitrogens with one attached hydrogen (secondary N) is 1. The van der Waals surface area contributed by atoms with Crippen LogP contribution in [0, 0.1) is 6.92 Å². The third kappa shape index (κ3) is 2.60. The Labute approximate surface area is 106 Å². The number of primary amides is 1. The van der Waals surface area contributed by atoms with E-state index >= 15 is 0 Å². The molecule has 0 fully saturated rings. The van der Waals surface area contributed by atoms with Crippen LogP contribution in [0.15, 0.2) is 42.5 Å². The number of nitrogen functional groups attached to an aromatic ring is 1. The van der Waals surface area contributed by atoms with Gasteiger partial charge in [0.25, 0.3) is 5.91 Å². The number of carbonyl (C=O) groups excluding carboxylic acids is 1. The first-order valence-electron chi connectivity index (χ1n) is 5.59. The molecular formula is C14H15N3O. The Hall–Kier alpha value is -2.49. The molecule has 0 spiro atoms. The number of carbonyl (C=O) groups is 1. The third-order valence-corrected chi connectivity index (χ3v) is 2.64. The van der Waals surface area contributed by atoms with Crippen LogP contribution in [0.3, 0.4) is 0 Å². The molecule has 0 aliphatic heterocycles. The maximum atomic E-state index is 11.3. The fourth-order valence-electron chi connectivity index (χ4n) is 1.67. The van der Waals surface area contributed by atoms with Crippen LogP contribution in [-0.4, -0.2) is 5.91 Å². The largest absolute Gasteiger partial charge is 0.399 e. The first-order valence-corrected chi connectivity index (χ1v) is 5.59. The van der Waals surface area contributed by atoms with E-state index in [0.29, 0.717) is 16.9 Å². The van der Waals surface area contributed by atoms with Gasteiger partial charge < -0.3 is 16.8 Å². The zero-order valence-electron chi connectivity index (χ0n) is 10.1. The summed E-state index contributed by atoms with van der Waals surface area (Å²) < 4.78 is 0. The lowest BCUT2D eigenvalue weighted by molar-refractivity contribution is 0.100. The smallest absolute Gasteiger partial charge is 0.250 e. The van der Waals surface area contributed by atoms with E-state index in [2.05, 4.69) is 5.32 Å². The molecule has 2 rings (SSSR count). The number of anilines is 3. The van der Waals surface area contributed by atoms with E-state index in [1.54, 1.807) is 18.2 Å². The normalized spacial score (nSPS) is 10.1. The molecule has 0 aliphatic rings. The van der Waals surface area contributed by atoms with Crippen LogP contribution in [0.4, 0.5) is 17.1 Å². The molecule has 1 amide bonds. The summed E-state index contributed by atoms with van der Waals surface area (Å²) >= 11 is 0. The van der Waals surface area contributed by atoms with Crippen molar-refractivity contribution in [3.8, 4) is 0 Å². The van der Waals surface area contributed by atoms with E-state index < -0.39 is 5.91 Å². The van der Waals surface area contributed by atoms with Crippen LogP contribution in [0.5, 0.6) is 0 Å². The van der Waals surface area contributed by atoms with Crippen molar-refractivity contribution in [3.05, 3.63) is 53.6 Å². The van der Waals surface area contributed by atoms with Crippen molar-refractivity contribution in [1.82, 2.24) is 0 Å². The molecule has 92 valence electrons. The number of amides is 1. The molecule has 4 heteroatoms. The molecule has 2 aromatic carbocycles. The Bertz CT molecular complexity index is 576. The van der Waals surface area contributed by atoms with Gasteiger partial charge in [-0.2, -0.15) is 0 Å². The Morgan fingerprint density at radius 3 is 2.39 bits per heavy atom. The molecule has 0 heterocycles. The maximum Gasteiger partial charge on any atom is 0.250 e. The van der Waals surface area contributed by atoms with Gasteiger partial charge in [-0.05, 0) is 37.3 Å². The van der Waals surface area contributed by atoms with E-state index in [1.165, 1.54) is 5.56 Å². The van der Waals surface area contributed by atoms with E-state index in [0.717, 1.165) is 5.69 Å². The van der Waals surface area contributed by atoms with Gasteiger partial charge in [0, 0.05) is 11.4 Å². The molecule has 4 nitrogen and oxygen atoms in total. The Kier molecular flexibility index (Phi) is 3.19. The highest BCUT2D eigenvalue weighted by Gasteiger charge is 2.08. The van der Waals surface area contributed by atoms with E-state index in [9.17, 15) is 4.79 Å². The fraction of sp³-hybridized carbons (Fsp3) is 0.0714. The summed E-state index contributed by atoms with van der Waals surface area (Å²) in [7, 11) is 0. The van der Waals surface area contributed by atoms with Crippen molar-refractivity contribution in [3.63, 3.8) is 0 Å². The highest BCUT2D eigenvalue weighted by atomic mass is 16.1. The van der Waals surface area contributed by atoms with Crippen molar-refractivity contribution in [2.24, 2.45) is 5.73 Å². The summed E-state index contributed by atoms with van der Waals surface area (Å²) in [6, 6.07) is 12.9. The lowest BCUT2D eigenvalue weighted by Gasteiger charge is -2.11.